The van der Waals surface area contributed by atoms with Crippen molar-refractivity contribution in [1.82, 2.24) is 4.72 Å². The summed E-state index contributed by atoms with van der Waals surface area (Å²) in [5.74, 6) is 0.352. The van der Waals surface area contributed by atoms with Crippen LogP contribution in [0.4, 0.5) is 0 Å². The number of nitrogens with one attached hydrogen (secondary N) is 1. The van der Waals surface area contributed by atoms with Crippen molar-refractivity contribution in [2.75, 3.05) is 13.7 Å². The molecule has 0 radical (unpaired) electrons. The zero-order valence-electron chi connectivity index (χ0n) is 9.86. The molecule has 96 valence electrons. The third kappa shape index (κ3) is 3.87. The van der Waals surface area contributed by atoms with E-state index in [4.69, 9.17) is 16.3 Å². The van der Waals surface area contributed by atoms with Crippen LogP contribution in [0.3, 0.4) is 0 Å². The Morgan fingerprint density at radius 2 is 2.12 bits per heavy atom. The first-order valence-electron chi connectivity index (χ1n) is 5.34. The van der Waals surface area contributed by atoms with Gasteiger partial charge >= 0.3 is 0 Å². The molecule has 0 heterocycles. The molecule has 0 spiro atoms. The zero-order valence-corrected chi connectivity index (χ0v) is 11.4. The van der Waals surface area contributed by atoms with Crippen molar-refractivity contribution in [3.05, 3.63) is 23.2 Å². The molecule has 0 aliphatic carbocycles. The van der Waals surface area contributed by atoms with Gasteiger partial charge in [0.1, 0.15) is 5.75 Å². The quantitative estimate of drug-likeness (QED) is 0.813. The Hall–Kier alpha value is -0.780. The molecule has 0 aromatic heterocycles. The van der Waals surface area contributed by atoms with E-state index in [2.05, 4.69) is 4.72 Å². The molecule has 0 fully saturated rings. The maximum atomic E-state index is 11.9. The van der Waals surface area contributed by atoms with Gasteiger partial charge in [-0.05, 0) is 18.6 Å². The van der Waals surface area contributed by atoms with Crippen LogP contribution in [0, 0.1) is 0 Å². The molecule has 0 aliphatic heterocycles. The highest BCUT2D eigenvalue weighted by molar-refractivity contribution is 7.89. The number of unbranched alkanes of at least 4 members (excludes halogenated alkanes) is 1. The first-order valence-corrected chi connectivity index (χ1v) is 7.20. The number of hydrogen-bond acceptors (Lipinski definition) is 3. The second-order valence-electron chi connectivity index (χ2n) is 3.55. The molecule has 4 nitrogen and oxygen atoms in total. The van der Waals surface area contributed by atoms with Crippen LogP contribution in [0.25, 0.3) is 0 Å². The lowest BCUT2D eigenvalue weighted by Gasteiger charge is -2.08. The molecule has 1 aromatic rings. The summed E-state index contributed by atoms with van der Waals surface area (Å²) < 4.78 is 31.3. The fraction of sp³-hybridized carbons (Fsp3) is 0.455. The van der Waals surface area contributed by atoms with Gasteiger partial charge in [0.05, 0.1) is 17.0 Å². The summed E-state index contributed by atoms with van der Waals surface area (Å²) in [7, 11) is -2.02. The average Bonchev–Trinajstić information content (AvgIpc) is 2.29. The third-order valence-corrected chi connectivity index (χ3v) is 4.03. The van der Waals surface area contributed by atoms with E-state index in [-0.39, 0.29) is 4.90 Å². The van der Waals surface area contributed by atoms with Crippen LogP contribution in [-0.2, 0) is 10.0 Å². The van der Waals surface area contributed by atoms with Crippen LogP contribution < -0.4 is 9.46 Å². The summed E-state index contributed by atoms with van der Waals surface area (Å²) in [6, 6.07) is 4.38. The minimum atomic E-state index is -3.47. The summed E-state index contributed by atoms with van der Waals surface area (Å²) in [6.45, 7) is 2.43. The first kappa shape index (κ1) is 14.3. The first-order chi connectivity index (χ1) is 8.01. The van der Waals surface area contributed by atoms with Crippen LogP contribution in [0.2, 0.25) is 5.02 Å². The van der Waals surface area contributed by atoms with E-state index in [0.29, 0.717) is 17.3 Å². The summed E-state index contributed by atoms with van der Waals surface area (Å²) in [4.78, 5) is 0.162. The van der Waals surface area contributed by atoms with Gasteiger partial charge in [-0.1, -0.05) is 24.9 Å². The van der Waals surface area contributed by atoms with Gasteiger partial charge in [-0.25, -0.2) is 13.1 Å². The summed E-state index contributed by atoms with van der Waals surface area (Å²) >= 11 is 5.83. The highest BCUT2D eigenvalue weighted by Crippen LogP contribution is 2.26. The van der Waals surface area contributed by atoms with Crippen molar-refractivity contribution in [3.8, 4) is 5.75 Å². The van der Waals surface area contributed by atoms with Crippen molar-refractivity contribution in [2.45, 2.75) is 24.7 Å². The fourth-order valence-corrected chi connectivity index (χ4v) is 2.56. The molecule has 6 heteroatoms. The summed E-state index contributed by atoms with van der Waals surface area (Å²) in [5.41, 5.74) is 0. The molecule has 0 atom stereocenters. The normalized spacial score (nSPS) is 11.5. The highest BCUT2D eigenvalue weighted by Gasteiger charge is 2.15. The number of hydrogen-bond donors (Lipinski definition) is 1. The predicted octanol–water partition coefficient (Wildman–Crippen LogP) is 2.43. The van der Waals surface area contributed by atoms with E-state index in [1.807, 2.05) is 6.92 Å². The van der Waals surface area contributed by atoms with Crippen LogP contribution in [0.15, 0.2) is 23.1 Å². The van der Waals surface area contributed by atoms with Crippen LogP contribution in [0.1, 0.15) is 19.8 Å². The average molecular weight is 278 g/mol. The molecule has 0 saturated carbocycles. The van der Waals surface area contributed by atoms with E-state index < -0.39 is 10.0 Å². The Bertz CT molecular complexity index is 474. The van der Waals surface area contributed by atoms with Crippen molar-refractivity contribution >= 4 is 21.6 Å². The molecular weight excluding hydrogens is 262 g/mol. The molecule has 0 amide bonds. The van der Waals surface area contributed by atoms with Crippen LogP contribution in [0.5, 0.6) is 5.75 Å². The third-order valence-electron chi connectivity index (χ3n) is 2.26. The minimum absolute atomic E-state index is 0.162. The van der Waals surface area contributed by atoms with Crippen molar-refractivity contribution in [3.63, 3.8) is 0 Å². The van der Waals surface area contributed by atoms with Gasteiger partial charge in [0.15, 0.2) is 0 Å². The number of ether oxygens (including phenoxy) is 1. The number of halogens is 1. The van der Waals surface area contributed by atoms with Gasteiger partial charge in [-0.3, -0.25) is 0 Å². The lowest BCUT2D eigenvalue weighted by atomic mass is 10.3. The SMILES string of the molecule is CCCCNS(=O)(=O)c1ccc(Cl)c(OC)c1. The predicted molar refractivity (Wildman–Crippen MR) is 68.1 cm³/mol. The van der Waals surface area contributed by atoms with E-state index in [1.165, 1.54) is 25.3 Å². The van der Waals surface area contributed by atoms with E-state index in [0.717, 1.165) is 12.8 Å². The molecule has 1 N–H and O–H groups in total. The number of rotatable bonds is 6. The maximum absolute atomic E-state index is 11.9. The number of sulfonamides is 1. The van der Waals surface area contributed by atoms with E-state index in [1.54, 1.807) is 0 Å². The number of benzene rings is 1. The summed E-state index contributed by atoms with van der Waals surface area (Å²) in [5, 5.41) is 0.389. The molecule has 0 bridgehead atoms. The Morgan fingerprint density at radius 1 is 1.41 bits per heavy atom. The van der Waals surface area contributed by atoms with Crippen LogP contribution in [-0.4, -0.2) is 22.1 Å². The molecule has 17 heavy (non-hydrogen) atoms. The largest absolute Gasteiger partial charge is 0.495 e. The lowest BCUT2D eigenvalue weighted by Crippen LogP contribution is -2.24. The molecule has 1 aromatic carbocycles. The van der Waals surface area contributed by atoms with E-state index in [9.17, 15) is 8.42 Å². The molecule has 0 aliphatic rings. The van der Waals surface area contributed by atoms with Crippen molar-refractivity contribution in [2.24, 2.45) is 0 Å². The zero-order chi connectivity index (χ0) is 12.9. The monoisotopic (exact) mass is 277 g/mol. The van der Waals surface area contributed by atoms with E-state index >= 15 is 0 Å². The van der Waals surface area contributed by atoms with Gasteiger partial charge in [0.25, 0.3) is 0 Å². The Labute approximate surface area is 107 Å². The Balaban J connectivity index is 2.91. The maximum Gasteiger partial charge on any atom is 0.240 e. The fourth-order valence-electron chi connectivity index (χ4n) is 1.27. The Kier molecular flexibility index (Phi) is 5.24. The smallest absolute Gasteiger partial charge is 0.240 e. The standard InChI is InChI=1S/C11H16ClNO3S/c1-3-4-7-13-17(14,15)9-5-6-10(12)11(8-9)16-2/h5-6,8,13H,3-4,7H2,1-2H3. The van der Waals surface area contributed by atoms with Crippen LogP contribution >= 0.6 is 11.6 Å². The van der Waals surface area contributed by atoms with Crippen molar-refractivity contribution in [1.29, 1.82) is 0 Å². The lowest BCUT2D eigenvalue weighted by molar-refractivity contribution is 0.413. The van der Waals surface area contributed by atoms with Gasteiger partial charge in [0, 0.05) is 12.6 Å². The second kappa shape index (κ2) is 6.23. The minimum Gasteiger partial charge on any atom is -0.495 e. The molecule has 0 saturated heterocycles. The van der Waals surface area contributed by atoms with Gasteiger partial charge < -0.3 is 4.74 Å². The topological polar surface area (TPSA) is 55.4 Å². The second-order valence-corrected chi connectivity index (χ2v) is 5.72. The van der Waals surface area contributed by atoms with Gasteiger partial charge in [0.2, 0.25) is 10.0 Å². The highest BCUT2D eigenvalue weighted by atomic mass is 35.5. The number of methoxy groups -OCH3 is 1. The molecular formula is C11H16ClNO3S. The summed E-state index contributed by atoms with van der Waals surface area (Å²) in [6.07, 6.45) is 1.75. The molecule has 0 unspecified atom stereocenters. The molecule has 1 rings (SSSR count). The van der Waals surface area contributed by atoms with Crippen molar-refractivity contribution < 1.29 is 13.2 Å². The Morgan fingerprint density at radius 3 is 2.71 bits per heavy atom. The van der Waals surface area contributed by atoms with Gasteiger partial charge in [-0.2, -0.15) is 0 Å². The van der Waals surface area contributed by atoms with Gasteiger partial charge in [-0.15, -0.1) is 0 Å².